The molecule has 62 valence electrons. The molecule has 0 amide bonds. The molecule has 0 aliphatic rings. The van der Waals surface area contributed by atoms with Crippen molar-refractivity contribution in [1.82, 2.24) is 0 Å². The first-order valence-electron chi connectivity index (χ1n) is 3.18. The molecule has 1 aromatic heterocycles. The molecule has 0 saturated heterocycles. The molecule has 0 aromatic carbocycles. The van der Waals surface area contributed by atoms with E-state index in [1.165, 1.54) is 18.4 Å². The summed E-state index contributed by atoms with van der Waals surface area (Å²) >= 11 is 0. The first-order chi connectivity index (χ1) is 5.02. The number of nitrogens with two attached hydrogens (primary N) is 1. The quantitative estimate of drug-likeness (QED) is 0.719. The topological polar surface area (TPSA) is 39.2 Å². The molecule has 1 rings (SSSR count). The SMILES string of the molecule is CC(F)(F)C(N)c1ccco1. The van der Waals surface area contributed by atoms with Crippen LogP contribution in [-0.4, -0.2) is 5.92 Å². The zero-order valence-corrected chi connectivity index (χ0v) is 6.05. The fraction of sp³-hybridized carbons (Fsp3) is 0.429. The van der Waals surface area contributed by atoms with E-state index in [0.29, 0.717) is 0 Å². The van der Waals surface area contributed by atoms with Gasteiger partial charge >= 0.3 is 0 Å². The smallest absolute Gasteiger partial charge is 0.267 e. The molecule has 2 nitrogen and oxygen atoms in total. The first kappa shape index (κ1) is 8.20. The van der Waals surface area contributed by atoms with Crippen molar-refractivity contribution in [3.63, 3.8) is 0 Å². The monoisotopic (exact) mass is 161 g/mol. The number of alkyl halides is 2. The average Bonchev–Trinajstić information content (AvgIpc) is 2.34. The largest absolute Gasteiger partial charge is 0.467 e. The molecule has 0 aliphatic heterocycles. The fourth-order valence-corrected chi connectivity index (χ4v) is 0.718. The Morgan fingerprint density at radius 2 is 2.27 bits per heavy atom. The van der Waals surface area contributed by atoms with Gasteiger partial charge < -0.3 is 10.2 Å². The summed E-state index contributed by atoms with van der Waals surface area (Å²) in [4.78, 5) is 0. The summed E-state index contributed by atoms with van der Waals surface area (Å²) in [6.45, 7) is 0.764. The Bertz CT molecular complexity index is 215. The van der Waals surface area contributed by atoms with Gasteiger partial charge in [0.15, 0.2) is 0 Å². The Balaban J connectivity index is 2.78. The van der Waals surface area contributed by atoms with Crippen LogP contribution in [0.25, 0.3) is 0 Å². The van der Waals surface area contributed by atoms with Crippen LogP contribution < -0.4 is 5.73 Å². The van der Waals surface area contributed by atoms with Crippen LogP contribution in [0.1, 0.15) is 18.7 Å². The van der Waals surface area contributed by atoms with Crippen LogP contribution in [0, 0.1) is 0 Å². The van der Waals surface area contributed by atoms with Gasteiger partial charge in [0.1, 0.15) is 11.8 Å². The molecule has 1 unspecified atom stereocenters. The van der Waals surface area contributed by atoms with Gasteiger partial charge in [0.25, 0.3) is 5.92 Å². The molecular weight excluding hydrogens is 152 g/mol. The van der Waals surface area contributed by atoms with Crippen molar-refractivity contribution in [2.75, 3.05) is 0 Å². The van der Waals surface area contributed by atoms with Crippen LogP contribution in [0.4, 0.5) is 8.78 Å². The van der Waals surface area contributed by atoms with Crippen LogP contribution in [0.3, 0.4) is 0 Å². The van der Waals surface area contributed by atoms with Crippen molar-refractivity contribution < 1.29 is 13.2 Å². The maximum Gasteiger partial charge on any atom is 0.267 e. The van der Waals surface area contributed by atoms with Crippen LogP contribution in [0.5, 0.6) is 0 Å². The Morgan fingerprint density at radius 3 is 2.64 bits per heavy atom. The highest BCUT2D eigenvalue weighted by atomic mass is 19.3. The Labute approximate surface area is 63.0 Å². The van der Waals surface area contributed by atoms with Crippen molar-refractivity contribution in [1.29, 1.82) is 0 Å². The van der Waals surface area contributed by atoms with Crippen LogP contribution in [0.15, 0.2) is 22.8 Å². The second kappa shape index (κ2) is 2.62. The molecule has 0 aliphatic carbocycles. The Kier molecular flexibility index (Phi) is 1.95. The van der Waals surface area contributed by atoms with Crippen LogP contribution in [-0.2, 0) is 0 Å². The normalized spacial score (nSPS) is 14.9. The van der Waals surface area contributed by atoms with Crippen LogP contribution >= 0.6 is 0 Å². The molecule has 2 N–H and O–H groups in total. The maximum atomic E-state index is 12.5. The maximum absolute atomic E-state index is 12.5. The predicted molar refractivity (Wildman–Crippen MR) is 36.3 cm³/mol. The summed E-state index contributed by atoms with van der Waals surface area (Å²) < 4.78 is 29.7. The average molecular weight is 161 g/mol. The molecule has 0 radical (unpaired) electrons. The third-order valence-electron chi connectivity index (χ3n) is 1.40. The van der Waals surface area contributed by atoms with E-state index in [9.17, 15) is 8.78 Å². The number of rotatable bonds is 2. The summed E-state index contributed by atoms with van der Waals surface area (Å²) in [5, 5.41) is 0. The summed E-state index contributed by atoms with van der Waals surface area (Å²) in [6.07, 6.45) is 1.32. The van der Waals surface area contributed by atoms with Gasteiger partial charge in [-0.3, -0.25) is 0 Å². The van der Waals surface area contributed by atoms with Gasteiger partial charge in [-0.1, -0.05) is 0 Å². The highest BCUT2D eigenvalue weighted by Gasteiger charge is 2.33. The van der Waals surface area contributed by atoms with Gasteiger partial charge in [-0.15, -0.1) is 0 Å². The van der Waals surface area contributed by atoms with E-state index < -0.39 is 12.0 Å². The van der Waals surface area contributed by atoms with Gasteiger partial charge in [0.2, 0.25) is 0 Å². The first-order valence-corrected chi connectivity index (χ1v) is 3.18. The summed E-state index contributed by atoms with van der Waals surface area (Å²) in [5.74, 6) is -2.82. The van der Waals surface area contributed by atoms with Crippen molar-refractivity contribution in [3.8, 4) is 0 Å². The second-order valence-corrected chi connectivity index (χ2v) is 2.45. The Hall–Kier alpha value is -0.900. The van der Waals surface area contributed by atoms with Gasteiger partial charge in [-0.05, 0) is 12.1 Å². The van der Waals surface area contributed by atoms with E-state index in [1.807, 2.05) is 0 Å². The van der Waals surface area contributed by atoms with Gasteiger partial charge in [-0.25, -0.2) is 8.78 Å². The molecule has 1 heterocycles. The standard InChI is InChI=1S/C7H9F2NO/c1-7(8,9)6(10)5-3-2-4-11-5/h2-4,6H,10H2,1H3. The minimum absolute atomic E-state index is 0.109. The highest BCUT2D eigenvalue weighted by Crippen LogP contribution is 2.28. The molecule has 4 heteroatoms. The minimum atomic E-state index is -2.93. The second-order valence-electron chi connectivity index (χ2n) is 2.45. The summed E-state index contributed by atoms with van der Waals surface area (Å²) in [5.41, 5.74) is 5.17. The molecule has 0 fully saturated rings. The van der Waals surface area contributed by atoms with Gasteiger partial charge in [-0.2, -0.15) is 0 Å². The van der Waals surface area contributed by atoms with Crippen molar-refractivity contribution in [2.45, 2.75) is 18.9 Å². The zero-order valence-electron chi connectivity index (χ0n) is 6.05. The lowest BCUT2D eigenvalue weighted by atomic mass is 10.1. The third kappa shape index (κ3) is 1.77. The lowest BCUT2D eigenvalue weighted by molar-refractivity contribution is -0.0124. The minimum Gasteiger partial charge on any atom is -0.467 e. The molecule has 1 atom stereocenters. The predicted octanol–water partition coefficient (Wildman–Crippen LogP) is 1.93. The number of halogens is 2. The highest BCUT2D eigenvalue weighted by molar-refractivity contribution is 5.06. The summed E-state index contributed by atoms with van der Waals surface area (Å²) in [7, 11) is 0. The molecule has 11 heavy (non-hydrogen) atoms. The van der Waals surface area contributed by atoms with E-state index in [0.717, 1.165) is 6.92 Å². The Morgan fingerprint density at radius 1 is 1.64 bits per heavy atom. The van der Waals surface area contributed by atoms with Crippen LogP contribution in [0.2, 0.25) is 0 Å². The van der Waals surface area contributed by atoms with E-state index in [-0.39, 0.29) is 5.76 Å². The van der Waals surface area contributed by atoms with Gasteiger partial charge in [0.05, 0.1) is 6.26 Å². The molecular formula is C7H9F2NO. The van der Waals surface area contributed by atoms with Gasteiger partial charge in [0, 0.05) is 6.92 Å². The van der Waals surface area contributed by atoms with E-state index in [2.05, 4.69) is 0 Å². The third-order valence-corrected chi connectivity index (χ3v) is 1.40. The number of furan rings is 1. The number of hydrogen-bond donors (Lipinski definition) is 1. The van der Waals surface area contributed by atoms with Crippen molar-refractivity contribution in [3.05, 3.63) is 24.2 Å². The molecule has 1 aromatic rings. The van der Waals surface area contributed by atoms with E-state index >= 15 is 0 Å². The lowest BCUT2D eigenvalue weighted by Crippen LogP contribution is -2.29. The van der Waals surface area contributed by atoms with Crippen molar-refractivity contribution in [2.24, 2.45) is 5.73 Å². The van der Waals surface area contributed by atoms with Crippen molar-refractivity contribution >= 4 is 0 Å². The fourth-order valence-electron chi connectivity index (χ4n) is 0.718. The molecule has 0 spiro atoms. The summed E-state index contributed by atoms with van der Waals surface area (Å²) in [6, 6.07) is 1.61. The zero-order chi connectivity index (χ0) is 8.48. The van der Waals surface area contributed by atoms with E-state index in [4.69, 9.17) is 10.2 Å². The molecule has 0 bridgehead atoms. The lowest BCUT2D eigenvalue weighted by Gasteiger charge is -2.16. The number of hydrogen-bond acceptors (Lipinski definition) is 2. The van der Waals surface area contributed by atoms with E-state index in [1.54, 1.807) is 0 Å². The molecule has 0 saturated carbocycles.